The first-order valence-corrected chi connectivity index (χ1v) is 8.44. The minimum Gasteiger partial charge on any atom is -0.448 e. The molecule has 3 heterocycles. The zero-order chi connectivity index (χ0) is 15.7. The third kappa shape index (κ3) is 3.03. The van der Waals surface area contributed by atoms with Crippen molar-refractivity contribution in [2.45, 2.75) is 0 Å². The lowest BCUT2D eigenvalue weighted by Crippen LogP contribution is -2.47. The molecular formula is C16H16NO5P. The molecule has 0 spiro atoms. The lowest BCUT2D eigenvalue weighted by atomic mass is 9.92. The highest BCUT2D eigenvalue weighted by Gasteiger charge is 2.45. The van der Waals surface area contributed by atoms with Gasteiger partial charge in [0.1, 0.15) is 6.61 Å². The van der Waals surface area contributed by atoms with Crippen molar-refractivity contribution in [3.8, 4) is 0 Å². The monoisotopic (exact) mass is 333 g/mol. The zero-order valence-electron chi connectivity index (χ0n) is 12.4. The summed E-state index contributed by atoms with van der Waals surface area (Å²) in [6, 6.07) is 13.6. The van der Waals surface area contributed by atoms with Crippen LogP contribution in [0.25, 0.3) is 10.8 Å². The summed E-state index contributed by atoms with van der Waals surface area (Å²) in [5.74, 6) is 0. The van der Waals surface area contributed by atoms with E-state index in [1.54, 1.807) is 0 Å². The molecule has 3 fully saturated rings. The second-order valence-corrected chi connectivity index (χ2v) is 6.99. The van der Waals surface area contributed by atoms with E-state index in [0.717, 1.165) is 16.5 Å². The lowest BCUT2D eigenvalue weighted by Gasteiger charge is -2.43. The number of fused-ring (bicyclic) bond motifs is 4. The summed E-state index contributed by atoms with van der Waals surface area (Å²) in [5.41, 5.74) is 0.331. The van der Waals surface area contributed by atoms with Crippen LogP contribution in [0.2, 0.25) is 0 Å². The van der Waals surface area contributed by atoms with Gasteiger partial charge in [-0.25, -0.2) is 4.79 Å². The summed E-state index contributed by atoms with van der Waals surface area (Å²) in [4.78, 5) is 12.1. The number of rotatable bonds is 3. The van der Waals surface area contributed by atoms with Crippen LogP contribution in [0.3, 0.4) is 0 Å². The van der Waals surface area contributed by atoms with E-state index < -0.39 is 20.1 Å². The highest BCUT2D eigenvalue weighted by molar-refractivity contribution is 7.41. The lowest BCUT2D eigenvalue weighted by molar-refractivity contribution is -0.0969. The van der Waals surface area contributed by atoms with Crippen molar-refractivity contribution < 1.29 is 23.1 Å². The summed E-state index contributed by atoms with van der Waals surface area (Å²) in [7, 11) is -1.18. The molecule has 0 aromatic heterocycles. The predicted molar refractivity (Wildman–Crippen MR) is 86.1 cm³/mol. The van der Waals surface area contributed by atoms with Gasteiger partial charge in [-0.3, -0.25) is 5.32 Å². The quantitative estimate of drug-likeness (QED) is 0.868. The highest BCUT2D eigenvalue weighted by atomic mass is 31.2. The third-order valence-electron chi connectivity index (χ3n) is 3.96. The van der Waals surface area contributed by atoms with Crippen molar-refractivity contribution in [3.05, 3.63) is 42.5 Å². The summed E-state index contributed by atoms with van der Waals surface area (Å²) in [6.07, 6.45) is -0.492. The molecular weight excluding hydrogens is 317 g/mol. The van der Waals surface area contributed by atoms with Gasteiger partial charge in [0.05, 0.1) is 30.9 Å². The van der Waals surface area contributed by atoms with Gasteiger partial charge in [0.15, 0.2) is 0 Å². The third-order valence-corrected chi connectivity index (χ3v) is 4.98. The van der Waals surface area contributed by atoms with Crippen LogP contribution < -0.4 is 5.32 Å². The van der Waals surface area contributed by atoms with E-state index in [-0.39, 0.29) is 6.61 Å². The molecule has 0 radical (unpaired) electrons. The van der Waals surface area contributed by atoms with Gasteiger partial charge in [-0.15, -0.1) is 0 Å². The van der Waals surface area contributed by atoms with Crippen LogP contribution >= 0.6 is 8.60 Å². The first-order valence-electron chi connectivity index (χ1n) is 7.35. The molecule has 120 valence electrons. The van der Waals surface area contributed by atoms with Crippen molar-refractivity contribution in [1.29, 1.82) is 0 Å². The maximum Gasteiger partial charge on any atom is 0.411 e. The van der Waals surface area contributed by atoms with Crippen molar-refractivity contribution in [3.63, 3.8) is 0 Å². The van der Waals surface area contributed by atoms with E-state index in [9.17, 15) is 4.79 Å². The molecule has 0 unspecified atom stereocenters. The Hall–Kier alpha value is -1.72. The Labute approximate surface area is 134 Å². The molecule has 3 aliphatic heterocycles. The van der Waals surface area contributed by atoms with Gasteiger partial charge in [0.25, 0.3) is 0 Å². The van der Waals surface area contributed by atoms with E-state index in [0.29, 0.717) is 19.8 Å². The summed E-state index contributed by atoms with van der Waals surface area (Å²) < 4.78 is 21.6. The number of amides is 1. The minimum absolute atomic E-state index is 0.201. The molecule has 3 saturated heterocycles. The van der Waals surface area contributed by atoms with Gasteiger partial charge in [-0.1, -0.05) is 36.4 Å². The molecule has 2 bridgehead atoms. The second-order valence-electron chi connectivity index (χ2n) is 5.77. The molecule has 0 saturated carbocycles. The number of nitrogens with one attached hydrogen (secondary N) is 1. The number of carbonyl (C=O) groups excluding carboxylic acids is 1. The first kappa shape index (κ1) is 14.8. The molecule has 6 nitrogen and oxygen atoms in total. The van der Waals surface area contributed by atoms with E-state index in [2.05, 4.69) is 5.32 Å². The first-order chi connectivity index (χ1) is 11.2. The van der Waals surface area contributed by atoms with Crippen LogP contribution in [0, 0.1) is 5.41 Å². The van der Waals surface area contributed by atoms with Gasteiger partial charge >= 0.3 is 14.7 Å². The van der Waals surface area contributed by atoms with E-state index in [1.165, 1.54) is 0 Å². The predicted octanol–water partition coefficient (Wildman–Crippen LogP) is 3.68. The molecule has 3 aliphatic rings. The molecule has 1 amide bonds. The smallest absolute Gasteiger partial charge is 0.411 e. The van der Waals surface area contributed by atoms with Gasteiger partial charge < -0.3 is 18.3 Å². The topological polar surface area (TPSA) is 66.0 Å². The molecule has 1 N–H and O–H groups in total. The summed E-state index contributed by atoms with van der Waals surface area (Å²) in [5, 5.41) is 4.83. The Balaban J connectivity index is 1.41. The molecule has 7 heteroatoms. The SMILES string of the molecule is O=C(Nc1cccc2ccccc12)OCC12COP(OC1)OC2. The number of hydrogen-bond donors (Lipinski definition) is 1. The Kier molecular flexibility index (Phi) is 3.91. The molecule has 2 aromatic rings. The van der Waals surface area contributed by atoms with Gasteiger partial charge in [-0.05, 0) is 11.5 Å². The average molecular weight is 333 g/mol. The largest absolute Gasteiger partial charge is 0.448 e. The molecule has 0 atom stereocenters. The molecule has 23 heavy (non-hydrogen) atoms. The van der Waals surface area contributed by atoms with E-state index in [1.807, 2.05) is 42.5 Å². The standard InChI is InChI=1S/C16H16NO5P/c18-15(19-8-16-9-20-23(21-10-16)22-11-16)17-14-7-3-5-12-4-1-2-6-13(12)14/h1-7H,8-11H2,(H,17,18). The van der Waals surface area contributed by atoms with Crippen molar-refractivity contribution >= 4 is 31.2 Å². The fourth-order valence-electron chi connectivity index (χ4n) is 2.63. The fourth-order valence-corrected chi connectivity index (χ4v) is 3.99. The Morgan fingerprint density at radius 1 is 1.09 bits per heavy atom. The molecule has 2 aromatic carbocycles. The van der Waals surface area contributed by atoms with Gasteiger partial charge in [-0.2, -0.15) is 0 Å². The van der Waals surface area contributed by atoms with Crippen molar-refractivity contribution in [2.75, 3.05) is 31.7 Å². The Bertz CT molecular complexity index is 710. The Morgan fingerprint density at radius 3 is 2.57 bits per heavy atom. The summed E-state index contributed by atoms with van der Waals surface area (Å²) >= 11 is 0. The average Bonchev–Trinajstić information content (AvgIpc) is 2.62. The maximum absolute atomic E-state index is 12.1. The zero-order valence-corrected chi connectivity index (χ0v) is 13.3. The van der Waals surface area contributed by atoms with Crippen LogP contribution in [0.4, 0.5) is 10.5 Å². The van der Waals surface area contributed by atoms with Crippen LogP contribution in [0.15, 0.2) is 42.5 Å². The summed E-state index contributed by atoms with van der Waals surface area (Å²) in [6.45, 7) is 1.70. The van der Waals surface area contributed by atoms with E-state index in [4.69, 9.17) is 18.3 Å². The van der Waals surface area contributed by atoms with Crippen LogP contribution in [0.1, 0.15) is 0 Å². The van der Waals surface area contributed by atoms with Crippen LogP contribution in [-0.4, -0.2) is 32.5 Å². The maximum atomic E-state index is 12.1. The Morgan fingerprint density at radius 2 is 1.78 bits per heavy atom. The van der Waals surface area contributed by atoms with Gasteiger partial charge in [0.2, 0.25) is 0 Å². The van der Waals surface area contributed by atoms with Gasteiger partial charge in [0, 0.05) is 5.39 Å². The fraction of sp³-hybridized carbons (Fsp3) is 0.312. The molecule has 5 rings (SSSR count). The highest BCUT2D eigenvalue weighted by Crippen LogP contribution is 2.53. The number of ether oxygens (including phenoxy) is 1. The minimum atomic E-state index is -1.18. The molecule has 0 aliphatic carbocycles. The van der Waals surface area contributed by atoms with Crippen molar-refractivity contribution in [2.24, 2.45) is 5.41 Å². The number of anilines is 1. The normalized spacial score (nSPS) is 26.2. The number of hydrogen-bond acceptors (Lipinski definition) is 5. The second kappa shape index (κ2) is 6.06. The van der Waals surface area contributed by atoms with Crippen LogP contribution in [-0.2, 0) is 18.3 Å². The number of benzene rings is 2. The van der Waals surface area contributed by atoms with E-state index >= 15 is 0 Å². The van der Waals surface area contributed by atoms with Crippen molar-refractivity contribution in [1.82, 2.24) is 0 Å². The number of carbonyl (C=O) groups is 1. The van der Waals surface area contributed by atoms with Crippen LogP contribution in [0.5, 0.6) is 0 Å².